The van der Waals surface area contributed by atoms with E-state index >= 15 is 0 Å². The maximum atomic E-state index is 12.4. The van der Waals surface area contributed by atoms with Crippen LogP contribution in [-0.2, 0) is 4.79 Å². The van der Waals surface area contributed by atoms with Crippen molar-refractivity contribution in [1.82, 2.24) is 4.98 Å². The Bertz CT molecular complexity index is 1330. The van der Waals surface area contributed by atoms with Gasteiger partial charge in [0.25, 0.3) is 0 Å². The fourth-order valence-electron chi connectivity index (χ4n) is 3.43. The first-order valence-corrected chi connectivity index (χ1v) is 12.2. The molecule has 2 aromatic carbocycles. The van der Waals surface area contributed by atoms with E-state index in [2.05, 4.69) is 36.3 Å². The molecule has 1 heterocycles. The average Bonchev–Trinajstić information content (AvgIpc) is 2.83. The van der Waals surface area contributed by atoms with E-state index in [1.54, 1.807) is 18.2 Å². The van der Waals surface area contributed by atoms with Gasteiger partial charge in [0.2, 0.25) is 5.91 Å². The largest absolute Gasteiger partial charge is 0.495 e. The third-order valence-corrected chi connectivity index (χ3v) is 6.56. The summed E-state index contributed by atoms with van der Waals surface area (Å²) in [6.45, 7) is 4.18. The summed E-state index contributed by atoms with van der Waals surface area (Å²) < 4.78 is 5.11. The molecule has 3 N–H and O–H groups in total. The quantitative estimate of drug-likeness (QED) is 0.360. The van der Waals surface area contributed by atoms with Crippen LogP contribution in [0.4, 0.5) is 11.5 Å². The summed E-state index contributed by atoms with van der Waals surface area (Å²) in [5.41, 5.74) is 9.38. The predicted molar refractivity (Wildman–Crippen MR) is 140 cm³/mol. The summed E-state index contributed by atoms with van der Waals surface area (Å²) >= 11 is 7.35. The predicted octanol–water partition coefficient (Wildman–Crippen LogP) is 5.98. The number of nitrogens with zero attached hydrogens (tertiary/aromatic N) is 3. The number of hydrogen-bond donors (Lipinski definition) is 2. The van der Waals surface area contributed by atoms with Gasteiger partial charge in [0.05, 0.1) is 17.7 Å². The number of halogens is 1. The Balaban J connectivity index is 1.80. The normalized spacial score (nSPS) is 10.5. The Hall–Kier alpha value is -3.72. The summed E-state index contributed by atoms with van der Waals surface area (Å²) in [4.78, 5) is 16.7. The van der Waals surface area contributed by atoms with Gasteiger partial charge in [-0.2, -0.15) is 10.5 Å². The zero-order valence-corrected chi connectivity index (χ0v) is 21.1. The van der Waals surface area contributed by atoms with E-state index < -0.39 is 0 Å². The van der Waals surface area contributed by atoms with E-state index in [1.165, 1.54) is 18.9 Å². The molecule has 0 aliphatic carbocycles. The van der Waals surface area contributed by atoms with Crippen molar-refractivity contribution in [3.63, 3.8) is 0 Å². The number of pyridine rings is 1. The highest BCUT2D eigenvalue weighted by molar-refractivity contribution is 7.99. The molecule has 0 bridgehead atoms. The Morgan fingerprint density at radius 2 is 1.86 bits per heavy atom. The number of amides is 1. The molecular weight excluding hydrogens is 482 g/mol. The third kappa shape index (κ3) is 6.05. The van der Waals surface area contributed by atoms with Crippen molar-refractivity contribution in [3.8, 4) is 29.0 Å². The fourth-order valence-corrected chi connectivity index (χ4v) is 4.63. The van der Waals surface area contributed by atoms with Crippen molar-refractivity contribution in [2.45, 2.75) is 31.2 Å². The van der Waals surface area contributed by atoms with Crippen molar-refractivity contribution in [3.05, 3.63) is 64.2 Å². The standard InChI is InChI=1S/C26H24ClN5O2S/c1-15(2)16-4-6-17(7-5-16)24-19(13-28)25(30)32-26(20(24)14-29)35-11-10-23(33)31-18-8-9-22(34-3)21(27)12-18/h4-9,12,15H,10-11H2,1-3H3,(H2,30,32)(H,31,33). The molecule has 0 saturated heterocycles. The van der Waals surface area contributed by atoms with Crippen LogP contribution < -0.4 is 15.8 Å². The second kappa shape index (κ2) is 11.6. The second-order valence-corrected chi connectivity index (χ2v) is 9.41. The summed E-state index contributed by atoms with van der Waals surface area (Å²) in [5.74, 6) is 1.05. The molecule has 0 spiro atoms. The number of nitrogens with two attached hydrogens (primary N) is 1. The number of thioether (sulfide) groups is 1. The van der Waals surface area contributed by atoms with E-state index in [-0.39, 0.29) is 29.3 Å². The van der Waals surface area contributed by atoms with E-state index in [9.17, 15) is 15.3 Å². The number of methoxy groups -OCH3 is 1. The van der Waals surface area contributed by atoms with Crippen LogP contribution in [-0.4, -0.2) is 23.8 Å². The maximum Gasteiger partial charge on any atom is 0.225 e. The van der Waals surface area contributed by atoms with Crippen LogP contribution in [0.2, 0.25) is 5.02 Å². The van der Waals surface area contributed by atoms with E-state index in [0.717, 1.165) is 5.56 Å². The van der Waals surface area contributed by atoms with Gasteiger partial charge in [0.1, 0.15) is 34.3 Å². The molecule has 3 aromatic rings. The van der Waals surface area contributed by atoms with Crippen molar-refractivity contribution in [1.29, 1.82) is 10.5 Å². The minimum Gasteiger partial charge on any atom is -0.495 e. The first-order valence-electron chi connectivity index (χ1n) is 10.8. The molecule has 9 heteroatoms. The van der Waals surface area contributed by atoms with E-state index in [1.807, 2.05) is 24.3 Å². The van der Waals surface area contributed by atoms with Gasteiger partial charge in [-0.25, -0.2) is 4.98 Å². The maximum absolute atomic E-state index is 12.4. The van der Waals surface area contributed by atoms with Gasteiger partial charge in [-0.05, 0) is 35.2 Å². The number of carbonyl (C=O) groups is 1. The van der Waals surface area contributed by atoms with E-state index in [0.29, 0.717) is 44.3 Å². The lowest BCUT2D eigenvalue weighted by Gasteiger charge is -2.14. The van der Waals surface area contributed by atoms with Crippen LogP contribution in [0.1, 0.15) is 42.9 Å². The van der Waals surface area contributed by atoms with Gasteiger partial charge >= 0.3 is 0 Å². The van der Waals surface area contributed by atoms with Crippen LogP contribution in [0.15, 0.2) is 47.5 Å². The SMILES string of the molecule is COc1ccc(NC(=O)CCSc2nc(N)c(C#N)c(-c3ccc(C(C)C)cc3)c2C#N)cc1Cl. The van der Waals surface area contributed by atoms with Gasteiger partial charge < -0.3 is 15.8 Å². The first kappa shape index (κ1) is 25.9. The van der Waals surface area contributed by atoms with Gasteiger partial charge in [0, 0.05) is 23.4 Å². The first-order chi connectivity index (χ1) is 16.8. The number of carbonyl (C=O) groups excluding carboxylic acids is 1. The summed E-state index contributed by atoms with van der Waals surface area (Å²) in [7, 11) is 1.52. The molecule has 3 rings (SSSR count). The minimum atomic E-state index is -0.219. The number of benzene rings is 2. The number of anilines is 2. The molecule has 0 atom stereocenters. The van der Waals surface area contributed by atoms with Crippen molar-refractivity contribution >= 4 is 40.8 Å². The van der Waals surface area contributed by atoms with Crippen molar-refractivity contribution in [2.75, 3.05) is 23.9 Å². The van der Waals surface area contributed by atoms with Crippen molar-refractivity contribution in [2.24, 2.45) is 0 Å². The van der Waals surface area contributed by atoms with Crippen LogP contribution >= 0.6 is 23.4 Å². The molecule has 35 heavy (non-hydrogen) atoms. The van der Waals surface area contributed by atoms with Crippen LogP contribution in [0.3, 0.4) is 0 Å². The third-order valence-electron chi connectivity index (χ3n) is 5.29. The Morgan fingerprint density at radius 3 is 2.43 bits per heavy atom. The lowest BCUT2D eigenvalue weighted by Crippen LogP contribution is -2.12. The zero-order chi connectivity index (χ0) is 25.5. The Morgan fingerprint density at radius 1 is 1.17 bits per heavy atom. The average molecular weight is 506 g/mol. The number of nitriles is 2. The summed E-state index contributed by atoms with van der Waals surface area (Å²) in [6.07, 6.45) is 0.166. The molecule has 178 valence electrons. The number of ether oxygens (including phenoxy) is 1. The highest BCUT2D eigenvalue weighted by atomic mass is 35.5. The summed E-state index contributed by atoms with van der Waals surface area (Å²) in [6, 6.07) is 17.0. The second-order valence-electron chi connectivity index (χ2n) is 7.92. The fraction of sp³-hybridized carbons (Fsp3) is 0.231. The van der Waals surface area contributed by atoms with Gasteiger partial charge in [0.15, 0.2) is 0 Å². The Kier molecular flexibility index (Phi) is 8.59. The molecule has 7 nitrogen and oxygen atoms in total. The zero-order valence-electron chi connectivity index (χ0n) is 19.6. The lowest BCUT2D eigenvalue weighted by molar-refractivity contribution is -0.115. The van der Waals surface area contributed by atoms with E-state index in [4.69, 9.17) is 22.1 Å². The molecule has 0 fully saturated rings. The van der Waals surface area contributed by atoms with Crippen LogP contribution in [0.5, 0.6) is 5.75 Å². The minimum absolute atomic E-state index is 0.0502. The number of aromatic nitrogens is 1. The molecular formula is C26H24ClN5O2S. The number of nitrogens with one attached hydrogen (secondary N) is 1. The number of rotatable bonds is 8. The monoisotopic (exact) mass is 505 g/mol. The van der Waals surface area contributed by atoms with Crippen LogP contribution in [0, 0.1) is 22.7 Å². The van der Waals surface area contributed by atoms with Gasteiger partial charge in [-0.1, -0.05) is 49.7 Å². The number of hydrogen-bond acceptors (Lipinski definition) is 7. The summed E-state index contributed by atoms with van der Waals surface area (Å²) in [5, 5.41) is 23.2. The van der Waals surface area contributed by atoms with Crippen LogP contribution in [0.25, 0.3) is 11.1 Å². The molecule has 0 aliphatic rings. The molecule has 0 unspecified atom stereocenters. The number of nitrogen functional groups attached to an aromatic ring is 1. The smallest absolute Gasteiger partial charge is 0.225 e. The van der Waals surface area contributed by atoms with Crippen molar-refractivity contribution < 1.29 is 9.53 Å². The highest BCUT2D eigenvalue weighted by Crippen LogP contribution is 2.36. The van der Waals surface area contributed by atoms with Gasteiger partial charge in [-0.3, -0.25) is 4.79 Å². The molecule has 0 aliphatic heterocycles. The molecule has 1 aromatic heterocycles. The lowest BCUT2D eigenvalue weighted by atomic mass is 9.94. The molecule has 0 saturated carbocycles. The van der Waals surface area contributed by atoms with Gasteiger partial charge in [-0.15, -0.1) is 11.8 Å². The molecule has 0 radical (unpaired) electrons. The molecule has 1 amide bonds. The highest BCUT2D eigenvalue weighted by Gasteiger charge is 2.21. The Labute approximate surface area is 213 Å². The topological polar surface area (TPSA) is 125 Å².